The fraction of sp³-hybridized carbons (Fsp3) is 0.400. The molecule has 0 aromatic heterocycles. The van der Waals surface area contributed by atoms with Crippen LogP contribution in [-0.2, 0) is 9.53 Å². The van der Waals surface area contributed by atoms with Gasteiger partial charge in [0.15, 0.2) is 17.6 Å². The first-order valence-corrected chi connectivity index (χ1v) is 7.31. The van der Waals surface area contributed by atoms with Crippen molar-refractivity contribution in [3.63, 3.8) is 0 Å². The lowest BCUT2D eigenvalue weighted by atomic mass is 10.1. The first kappa shape index (κ1) is 19.6. The molecule has 1 aromatic carbocycles. The van der Waals surface area contributed by atoms with Crippen LogP contribution in [0.2, 0.25) is 5.02 Å². The van der Waals surface area contributed by atoms with E-state index in [9.17, 15) is 14.4 Å². The summed E-state index contributed by atoms with van der Waals surface area (Å²) in [5.74, 6) is -1.50. The van der Waals surface area contributed by atoms with Gasteiger partial charge < -0.3 is 19.9 Å². The second-order valence-electron chi connectivity index (χ2n) is 5.12. The number of nitrogens with one attached hydrogen (secondary N) is 1. The molecular weight excluding hydrogens is 340 g/mol. The molecule has 0 unspecified atom stereocenters. The van der Waals surface area contributed by atoms with Crippen LogP contribution in [0.1, 0.15) is 24.2 Å². The molecule has 132 valence electrons. The molecule has 0 radical (unpaired) electrons. The number of hydrogen-bond acceptors (Lipinski definition) is 6. The highest BCUT2D eigenvalue weighted by atomic mass is 35.5. The molecule has 0 aliphatic carbocycles. The standard InChI is InChI=1S/C15H19ClN2O6/c1-7(2)11(13(19)18-15(17)21)24-14(20)8-5-9(16)12(23-4)10(6-8)22-3/h5-7,11H,1-4H3,(H3,17,18,19,21)/t11-/m0/s1. The molecule has 9 heteroatoms. The van der Waals surface area contributed by atoms with Crippen LogP contribution < -0.4 is 20.5 Å². The number of ether oxygens (including phenoxy) is 3. The van der Waals surface area contributed by atoms with Crippen molar-refractivity contribution in [2.24, 2.45) is 11.7 Å². The predicted octanol–water partition coefficient (Wildman–Crippen LogP) is 1.73. The van der Waals surface area contributed by atoms with Gasteiger partial charge in [-0.2, -0.15) is 0 Å². The highest BCUT2D eigenvalue weighted by Gasteiger charge is 2.28. The Balaban J connectivity index is 3.06. The Bertz CT molecular complexity index is 647. The van der Waals surface area contributed by atoms with Crippen molar-refractivity contribution in [1.82, 2.24) is 5.32 Å². The number of primary amides is 1. The number of carbonyl (C=O) groups excluding carboxylic acids is 3. The maximum Gasteiger partial charge on any atom is 0.339 e. The molecule has 1 rings (SSSR count). The van der Waals surface area contributed by atoms with Gasteiger partial charge in [0.05, 0.1) is 24.8 Å². The van der Waals surface area contributed by atoms with Gasteiger partial charge in [-0.25, -0.2) is 9.59 Å². The number of carbonyl (C=O) groups is 3. The molecule has 0 saturated carbocycles. The SMILES string of the molecule is COc1cc(C(=O)O[C@H](C(=O)NC(N)=O)C(C)C)cc(Cl)c1OC. The molecular formula is C15H19ClN2O6. The minimum Gasteiger partial charge on any atom is -0.493 e. The van der Waals surface area contributed by atoms with Gasteiger partial charge in [-0.05, 0) is 18.1 Å². The van der Waals surface area contributed by atoms with E-state index >= 15 is 0 Å². The van der Waals surface area contributed by atoms with E-state index < -0.39 is 24.0 Å². The van der Waals surface area contributed by atoms with Crippen molar-refractivity contribution < 1.29 is 28.6 Å². The van der Waals surface area contributed by atoms with Crippen LogP contribution >= 0.6 is 11.6 Å². The van der Waals surface area contributed by atoms with Gasteiger partial charge in [0.25, 0.3) is 5.91 Å². The Labute approximate surface area is 144 Å². The zero-order chi connectivity index (χ0) is 18.4. The quantitative estimate of drug-likeness (QED) is 0.748. The van der Waals surface area contributed by atoms with Crippen LogP contribution in [0.15, 0.2) is 12.1 Å². The third kappa shape index (κ3) is 4.76. The van der Waals surface area contributed by atoms with Gasteiger partial charge in [-0.15, -0.1) is 0 Å². The van der Waals surface area contributed by atoms with Crippen molar-refractivity contribution in [1.29, 1.82) is 0 Å². The number of halogens is 1. The second kappa shape index (κ2) is 8.39. The van der Waals surface area contributed by atoms with Crippen LogP contribution in [-0.4, -0.2) is 38.2 Å². The van der Waals surface area contributed by atoms with Crippen LogP contribution in [0.25, 0.3) is 0 Å². The van der Waals surface area contributed by atoms with Crippen LogP contribution in [0, 0.1) is 5.92 Å². The molecule has 0 spiro atoms. The van der Waals surface area contributed by atoms with Gasteiger partial charge in [-0.1, -0.05) is 25.4 Å². The smallest absolute Gasteiger partial charge is 0.339 e. The number of esters is 1. The number of methoxy groups -OCH3 is 2. The number of hydrogen-bond donors (Lipinski definition) is 2. The Morgan fingerprint density at radius 2 is 1.79 bits per heavy atom. The fourth-order valence-corrected chi connectivity index (χ4v) is 2.19. The van der Waals surface area contributed by atoms with Crippen LogP contribution in [0.5, 0.6) is 11.5 Å². The summed E-state index contributed by atoms with van der Waals surface area (Å²) in [5.41, 5.74) is 4.97. The topological polar surface area (TPSA) is 117 Å². The van der Waals surface area contributed by atoms with E-state index in [1.807, 2.05) is 5.32 Å². The summed E-state index contributed by atoms with van der Waals surface area (Å²) in [5, 5.41) is 2.03. The van der Waals surface area contributed by atoms with Gasteiger partial charge in [0.2, 0.25) is 0 Å². The number of imide groups is 1. The minimum atomic E-state index is -1.20. The molecule has 0 heterocycles. The Morgan fingerprint density at radius 3 is 2.25 bits per heavy atom. The summed E-state index contributed by atoms with van der Waals surface area (Å²) in [6.07, 6.45) is -1.20. The summed E-state index contributed by atoms with van der Waals surface area (Å²) < 4.78 is 15.4. The second-order valence-corrected chi connectivity index (χ2v) is 5.52. The molecule has 0 bridgehead atoms. The average Bonchev–Trinajstić information content (AvgIpc) is 2.50. The normalized spacial score (nSPS) is 11.6. The van der Waals surface area contributed by atoms with Crippen LogP contribution in [0.4, 0.5) is 4.79 Å². The summed E-state index contributed by atoms with van der Waals surface area (Å²) in [6, 6.07) is 1.67. The van der Waals surface area contributed by atoms with Crippen molar-refractivity contribution in [2.75, 3.05) is 14.2 Å². The van der Waals surface area contributed by atoms with Crippen LogP contribution in [0.3, 0.4) is 0 Å². The van der Waals surface area contributed by atoms with E-state index in [1.54, 1.807) is 13.8 Å². The number of amides is 3. The Kier molecular flexibility index (Phi) is 6.84. The Hall–Kier alpha value is -2.48. The molecule has 24 heavy (non-hydrogen) atoms. The summed E-state index contributed by atoms with van der Waals surface area (Å²) >= 11 is 6.03. The molecule has 3 N–H and O–H groups in total. The maximum absolute atomic E-state index is 12.3. The van der Waals surface area contributed by atoms with E-state index in [4.69, 9.17) is 31.5 Å². The average molecular weight is 359 g/mol. The summed E-state index contributed by atoms with van der Waals surface area (Å²) in [7, 11) is 2.80. The lowest BCUT2D eigenvalue weighted by Gasteiger charge is -2.20. The number of urea groups is 1. The number of nitrogens with two attached hydrogens (primary N) is 1. The first-order chi connectivity index (χ1) is 11.2. The largest absolute Gasteiger partial charge is 0.493 e. The number of rotatable bonds is 6. The van der Waals surface area contributed by atoms with Crippen molar-refractivity contribution in [2.45, 2.75) is 20.0 Å². The maximum atomic E-state index is 12.3. The van der Waals surface area contributed by atoms with Crippen molar-refractivity contribution in [3.8, 4) is 11.5 Å². The lowest BCUT2D eigenvalue weighted by molar-refractivity contribution is -0.130. The molecule has 3 amide bonds. The van der Waals surface area contributed by atoms with Gasteiger partial charge in [0.1, 0.15) is 0 Å². The highest BCUT2D eigenvalue weighted by molar-refractivity contribution is 6.32. The molecule has 1 aromatic rings. The molecule has 0 aliphatic rings. The van der Waals surface area contributed by atoms with Crippen molar-refractivity contribution in [3.05, 3.63) is 22.7 Å². The monoisotopic (exact) mass is 358 g/mol. The predicted molar refractivity (Wildman–Crippen MR) is 86.3 cm³/mol. The molecule has 0 fully saturated rings. The molecule has 0 saturated heterocycles. The third-order valence-corrected chi connectivity index (χ3v) is 3.29. The van der Waals surface area contributed by atoms with Crippen molar-refractivity contribution >= 4 is 29.5 Å². The number of benzene rings is 1. The molecule has 0 aliphatic heterocycles. The molecule has 1 atom stereocenters. The highest BCUT2D eigenvalue weighted by Crippen LogP contribution is 2.36. The lowest BCUT2D eigenvalue weighted by Crippen LogP contribution is -2.45. The van der Waals surface area contributed by atoms with Gasteiger partial charge in [-0.3, -0.25) is 10.1 Å². The van der Waals surface area contributed by atoms with E-state index in [-0.39, 0.29) is 28.0 Å². The third-order valence-electron chi connectivity index (χ3n) is 3.01. The molecule has 8 nitrogen and oxygen atoms in total. The zero-order valence-corrected chi connectivity index (χ0v) is 14.5. The summed E-state index contributed by atoms with van der Waals surface area (Å²) in [6.45, 7) is 3.31. The zero-order valence-electron chi connectivity index (χ0n) is 13.7. The van der Waals surface area contributed by atoms with E-state index in [0.29, 0.717) is 0 Å². The van der Waals surface area contributed by atoms with E-state index in [0.717, 1.165) is 0 Å². The first-order valence-electron chi connectivity index (χ1n) is 6.94. The summed E-state index contributed by atoms with van der Waals surface area (Å²) in [4.78, 5) is 35.0. The minimum absolute atomic E-state index is 0.0650. The van der Waals surface area contributed by atoms with E-state index in [1.165, 1.54) is 26.4 Å². The van der Waals surface area contributed by atoms with E-state index in [2.05, 4.69) is 0 Å². The van der Waals surface area contributed by atoms with Gasteiger partial charge in [0, 0.05) is 0 Å². The fourth-order valence-electron chi connectivity index (χ4n) is 1.90. The van der Waals surface area contributed by atoms with Gasteiger partial charge >= 0.3 is 12.0 Å². The Morgan fingerprint density at radius 1 is 1.17 bits per heavy atom.